The van der Waals surface area contributed by atoms with Crippen molar-refractivity contribution >= 4 is 64.5 Å². The summed E-state index contributed by atoms with van der Waals surface area (Å²) in [7, 11) is 2.89. The predicted molar refractivity (Wildman–Crippen MR) is 161 cm³/mol. The molecule has 0 fully saturated rings. The van der Waals surface area contributed by atoms with E-state index in [-0.39, 0.29) is 17.1 Å². The molecular weight excluding hydrogens is 564 g/mol. The fraction of sp³-hybridized carbons (Fsp3) is 0.407. The van der Waals surface area contributed by atoms with Crippen LogP contribution in [0.4, 0.5) is 5.69 Å². The van der Waals surface area contributed by atoms with E-state index < -0.39 is 25.9 Å². The van der Waals surface area contributed by atoms with E-state index in [9.17, 15) is 14.4 Å². The molecule has 0 spiro atoms. The van der Waals surface area contributed by atoms with Gasteiger partial charge in [-0.15, -0.1) is 11.3 Å². The molecule has 3 heterocycles. The van der Waals surface area contributed by atoms with Crippen LogP contribution in [0, 0.1) is 5.41 Å². The summed E-state index contributed by atoms with van der Waals surface area (Å²) in [5.74, 6) is -2.88. The van der Waals surface area contributed by atoms with Crippen molar-refractivity contribution < 1.29 is 23.8 Å². The van der Waals surface area contributed by atoms with Gasteiger partial charge in [0.2, 0.25) is 5.92 Å². The van der Waals surface area contributed by atoms with E-state index in [0.717, 1.165) is 28.6 Å². The minimum Gasteiger partial charge on any atom is -0.468 e. The van der Waals surface area contributed by atoms with Gasteiger partial charge in [-0.2, -0.15) is 5.10 Å². The van der Waals surface area contributed by atoms with Gasteiger partial charge < -0.3 is 29.5 Å². The number of hydrogen-bond acceptors (Lipinski definition) is 11. The van der Waals surface area contributed by atoms with Gasteiger partial charge in [0, 0.05) is 44.6 Å². The monoisotopic (exact) mass is 598 g/mol. The van der Waals surface area contributed by atoms with Crippen LogP contribution in [0.25, 0.3) is 21.3 Å². The molecule has 0 amide bonds. The van der Waals surface area contributed by atoms with Crippen molar-refractivity contribution in [2.75, 3.05) is 32.9 Å². The summed E-state index contributed by atoms with van der Waals surface area (Å²) < 4.78 is 18.9. The minimum atomic E-state index is -1.32. The second kappa shape index (κ2) is 12.3. The second-order valence-corrected chi connectivity index (χ2v) is 17.3. The van der Waals surface area contributed by atoms with Crippen LogP contribution >= 0.6 is 11.3 Å². The molecule has 0 radical (unpaired) electrons. The Balaban J connectivity index is 1.63. The van der Waals surface area contributed by atoms with Crippen LogP contribution in [0.2, 0.25) is 25.7 Å². The molecule has 2 N–H and O–H groups in total. The lowest BCUT2D eigenvalue weighted by Crippen LogP contribution is -2.25. The lowest BCUT2D eigenvalue weighted by Gasteiger charge is -2.17. The van der Waals surface area contributed by atoms with Gasteiger partial charge in [0.15, 0.2) is 5.65 Å². The van der Waals surface area contributed by atoms with Gasteiger partial charge in [-0.25, -0.2) is 9.67 Å². The Hall–Kier alpha value is -3.88. The normalized spacial score (nSPS) is 11.8. The number of rotatable bonds is 12. The first-order chi connectivity index (χ1) is 19.5. The zero-order chi connectivity index (χ0) is 29.9. The molecular formula is C27H34N6O6SSi. The molecule has 0 saturated heterocycles. The molecule has 41 heavy (non-hydrogen) atoms. The van der Waals surface area contributed by atoms with Crippen molar-refractivity contribution in [3.63, 3.8) is 0 Å². The van der Waals surface area contributed by atoms with Crippen LogP contribution in [-0.2, 0) is 37.4 Å². The van der Waals surface area contributed by atoms with Crippen LogP contribution in [0.3, 0.4) is 0 Å². The maximum absolute atomic E-state index is 13.6. The largest absolute Gasteiger partial charge is 0.468 e. The Kier molecular flexibility index (Phi) is 9.04. The van der Waals surface area contributed by atoms with Gasteiger partial charge >= 0.3 is 11.9 Å². The van der Waals surface area contributed by atoms with Crippen LogP contribution in [0.5, 0.6) is 0 Å². The first-order valence-electron chi connectivity index (χ1n) is 12.9. The maximum Gasteiger partial charge on any atom is 0.327 e. The van der Waals surface area contributed by atoms with Gasteiger partial charge in [0.1, 0.15) is 17.3 Å². The second-order valence-electron chi connectivity index (χ2n) is 10.7. The average molecular weight is 599 g/mol. The molecule has 4 rings (SSSR count). The highest BCUT2D eigenvalue weighted by molar-refractivity contribution is 7.19. The molecule has 12 nitrogen and oxygen atoms in total. The highest BCUT2D eigenvalue weighted by Gasteiger charge is 2.35. The average Bonchev–Trinajstić information content (AvgIpc) is 3.47. The topological polar surface area (TPSA) is 150 Å². The van der Waals surface area contributed by atoms with E-state index in [1.807, 2.05) is 18.2 Å². The number of hydrogen-bond donors (Lipinski definition) is 2. The Bertz CT molecular complexity index is 1650. The summed E-state index contributed by atoms with van der Waals surface area (Å²) in [6.45, 7) is 8.04. The summed E-state index contributed by atoms with van der Waals surface area (Å²) >= 11 is 1.11. The molecule has 0 unspecified atom stereocenters. The molecule has 0 aliphatic rings. The summed E-state index contributed by atoms with van der Waals surface area (Å²) in [4.78, 5) is 42.6. The fourth-order valence-electron chi connectivity index (χ4n) is 4.39. The number of anilines is 1. The van der Waals surface area contributed by atoms with Crippen molar-refractivity contribution in [1.82, 2.24) is 19.3 Å². The number of fused-ring (bicyclic) bond motifs is 3. The Morgan fingerprint density at radius 2 is 1.90 bits per heavy atom. The highest BCUT2D eigenvalue weighted by atomic mass is 32.1. The van der Waals surface area contributed by atoms with E-state index in [1.54, 1.807) is 17.8 Å². The van der Waals surface area contributed by atoms with E-state index in [0.29, 0.717) is 40.2 Å². The van der Waals surface area contributed by atoms with Crippen LogP contribution in [0.1, 0.15) is 22.1 Å². The number of carbonyl (C=O) groups excluding carboxylic acids is 2. The summed E-state index contributed by atoms with van der Waals surface area (Å²) in [6.07, 6.45) is 2.83. The third kappa shape index (κ3) is 6.23. The Morgan fingerprint density at radius 1 is 1.20 bits per heavy atom. The van der Waals surface area contributed by atoms with Gasteiger partial charge in [-0.05, 0) is 17.7 Å². The standard InChI is InChI=1S/C27H34N6O6SSi/c1-32-21-18(22-23(32)31-24(40-22)20(26(35)37-2)27(36)38-3)13-30-33(25(21)34)14-16-8-7-9-19(17(16)12-28)29-15-39-10-11-41(4,5)6/h7-9,12-13,20,28-29H,10-11,14-15H2,1-6H3. The van der Waals surface area contributed by atoms with Crippen molar-refractivity contribution in [2.45, 2.75) is 38.1 Å². The van der Waals surface area contributed by atoms with E-state index >= 15 is 0 Å². The predicted octanol–water partition coefficient (Wildman–Crippen LogP) is 3.54. The number of nitrogens with zero attached hydrogens (tertiary/aromatic N) is 4. The van der Waals surface area contributed by atoms with Crippen molar-refractivity contribution in [3.8, 4) is 0 Å². The Labute approximate surface area is 241 Å². The number of thiazole rings is 1. The number of benzene rings is 1. The molecule has 0 aliphatic heterocycles. The lowest BCUT2D eigenvalue weighted by molar-refractivity contribution is -0.154. The smallest absolute Gasteiger partial charge is 0.327 e. The molecule has 4 aromatic rings. The summed E-state index contributed by atoms with van der Waals surface area (Å²) in [6, 6.07) is 6.65. The van der Waals surface area contributed by atoms with Crippen molar-refractivity contribution in [1.29, 1.82) is 5.41 Å². The molecule has 0 atom stereocenters. The van der Waals surface area contributed by atoms with E-state index in [1.165, 1.54) is 25.1 Å². The minimum absolute atomic E-state index is 0.149. The van der Waals surface area contributed by atoms with Gasteiger partial charge in [0.25, 0.3) is 5.56 Å². The first-order valence-corrected chi connectivity index (χ1v) is 17.5. The molecule has 218 valence electrons. The van der Waals surface area contributed by atoms with Crippen LogP contribution in [-0.4, -0.2) is 73.1 Å². The number of aryl methyl sites for hydroxylation is 1. The first kappa shape index (κ1) is 30.1. The quantitative estimate of drug-likeness (QED) is 0.0623. The number of ether oxygens (including phenoxy) is 3. The van der Waals surface area contributed by atoms with Gasteiger partial charge in [-0.1, -0.05) is 31.8 Å². The van der Waals surface area contributed by atoms with Crippen LogP contribution in [0.15, 0.2) is 29.2 Å². The molecule has 14 heteroatoms. The van der Waals surface area contributed by atoms with E-state index in [4.69, 9.17) is 19.6 Å². The number of carbonyl (C=O) groups is 2. The van der Waals surface area contributed by atoms with Crippen LogP contribution < -0.4 is 10.9 Å². The summed E-state index contributed by atoms with van der Waals surface area (Å²) in [5, 5.41) is 16.4. The number of nitrogens with one attached hydrogen (secondary N) is 2. The Morgan fingerprint density at radius 3 is 2.54 bits per heavy atom. The molecule has 0 aliphatic carbocycles. The summed E-state index contributed by atoms with van der Waals surface area (Å²) in [5.41, 5.74) is 2.62. The van der Waals surface area contributed by atoms with Crippen molar-refractivity contribution in [2.24, 2.45) is 7.05 Å². The highest BCUT2D eigenvalue weighted by Crippen LogP contribution is 2.34. The lowest BCUT2D eigenvalue weighted by atomic mass is 10.1. The maximum atomic E-state index is 13.6. The zero-order valence-corrected chi connectivity index (χ0v) is 25.8. The van der Waals surface area contributed by atoms with E-state index in [2.05, 4.69) is 35.0 Å². The third-order valence-corrected chi connectivity index (χ3v) is 9.53. The fourth-order valence-corrected chi connectivity index (χ4v) is 6.33. The molecule has 1 aromatic carbocycles. The molecule has 0 bridgehead atoms. The SMILES string of the molecule is COC(=O)C(C(=O)OC)c1nc2c(s1)c1cnn(Cc3cccc(NCOCC[Si](C)(C)C)c3C=N)c(=O)c1n2C. The molecule has 3 aromatic heterocycles. The number of esters is 2. The van der Waals surface area contributed by atoms with Gasteiger partial charge in [-0.3, -0.25) is 14.4 Å². The van der Waals surface area contributed by atoms with Crippen molar-refractivity contribution in [3.05, 3.63) is 50.9 Å². The van der Waals surface area contributed by atoms with Gasteiger partial charge in [0.05, 0.1) is 31.7 Å². The third-order valence-electron chi connectivity index (χ3n) is 6.68. The zero-order valence-electron chi connectivity index (χ0n) is 23.9. The number of aromatic nitrogens is 4. The molecule has 0 saturated carbocycles. The number of methoxy groups -OCH3 is 2.